The van der Waals surface area contributed by atoms with Gasteiger partial charge < -0.3 is 4.74 Å². The van der Waals surface area contributed by atoms with E-state index in [-0.39, 0.29) is 0 Å². The summed E-state index contributed by atoms with van der Waals surface area (Å²) in [6.45, 7) is 5.23. The standard InChI is InChI=1S/C13H17Br3O/c1-9(2)4-3-5-17-13-11(15)6-10(8-14)7-12(13)16/h6-7,9H,3-5,8H2,1-2H3. The molecule has 0 aliphatic carbocycles. The number of hydrogen-bond acceptors (Lipinski definition) is 1. The highest BCUT2D eigenvalue weighted by atomic mass is 79.9. The van der Waals surface area contributed by atoms with Crippen LogP contribution in [-0.4, -0.2) is 6.61 Å². The zero-order chi connectivity index (χ0) is 12.8. The lowest BCUT2D eigenvalue weighted by Gasteiger charge is -2.12. The molecule has 0 bridgehead atoms. The van der Waals surface area contributed by atoms with Crippen LogP contribution in [0.25, 0.3) is 0 Å². The topological polar surface area (TPSA) is 9.23 Å². The lowest BCUT2D eigenvalue weighted by atomic mass is 10.1. The van der Waals surface area contributed by atoms with E-state index in [0.717, 1.165) is 39.0 Å². The van der Waals surface area contributed by atoms with E-state index in [1.807, 2.05) is 0 Å². The fourth-order valence-electron chi connectivity index (χ4n) is 1.49. The van der Waals surface area contributed by atoms with Gasteiger partial charge in [0.2, 0.25) is 0 Å². The third-order valence-electron chi connectivity index (χ3n) is 2.38. The number of benzene rings is 1. The van der Waals surface area contributed by atoms with Gasteiger partial charge >= 0.3 is 0 Å². The molecular formula is C13H17Br3O. The minimum atomic E-state index is 0.737. The predicted octanol–water partition coefficient (Wildman–Crippen LogP) is 5.92. The first-order valence-electron chi connectivity index (χ1n) is 5.71. The zero-order valence-corrected chi connectivity index (χ0v) is 14.9. The fourth-order valence-corrected chi connectivity index (χ4v) is 3.33. The number of rotatable bonds is 6. The van der Waals surface area contributed by atoms with Crippen LogP contribution >= 0.6 is 47.8 Å². The van der Waals surface area contributed by atoms with Gasteiger partial charge in [-0.3, -0.25) is 0 Å². The van der Waals surface area contributed by atoms with E-state index in [9.17, 15) is 0 Å². The number of halogens is 3. The van der Waals surface area contributed by atoms with Gasteiger partial charge in [-0.05, 0) is 68.3 Å². The van der Waals surface area contributed by atoms with Crippen LogP contribution in [0.3, 0.4) is 0 Å². The van der Waals surface area contributed by atoms with Crippen molar-refractivity contribution >= 4 is 47.8 Å². The number of hydrogen-bond donors (Lipinski definition) is 0. The lowest BCUT2D eigenvalue weighted by Crippen LogP contribution is -2.01. The summed E-state index contributed by atoms with van der Waals surface area (Å²) in [7, 11) is 0. The van der Waals surface area contributed by atoms with Crippen LogP contribution < -0.4 is 4.74 Å². The van der Waals surface area contributed by atoms with Crippen molar-refractivity contribution in [3.05, 3.63) is 26.6 Å². The zero-order valence-electron chi connectivity index (χ0n) is 10.1. The summed E-state index contributed by atoms with van der Waals surface area (Å²) in [5, 5.41) is 0.845. The summed E-state index contributed by atoms with van der Waals surface area (Å²) in [5.41, 5.74) is 1.22. The molecule has 0 heterocycles. The molecule has 1 aromatic rings. The average Bonchev–Trinajstić information content (AvgIpc) is 2.26. The molecule has 0 aliphatic rings. The second kappa shape index (κ2) is 7.80. The summed E-state index contributed by atoms with van der Waals surface area (Å²) >= 11 is 10.5. The highest BCUT2D eigenvalue weighted by Crippen LogP contribution is 2.35. The molecule has 0 unspecified atom stereocenters. The minimum absolute atomic E-state index is 0.737. The van der Waals surface area contributed by atoms with Crippen LogP contribution in [0.1, 0.15) is 32.3 Å². The van der Waals surface area contributed by atoms with E-state index in [1.54, 1.807) is 0 Å². The molecule has 4 heteroatoms. The molecule has 0 saturated heterocycles. The van der Waals surface area contributed by atoms with E-state index >= 15 is 0 Å². The summed E-state index contributed by atoms with van der Waals surface area (Å²) in [5.74, 6) is 1.64. The lowest BCUT2D eigenvalue weighted by molar-refractivity contribution is 0.294. The van der Waals surface area contributed by atoms with Gasteiger partial charge in [-0.15, -0.1) is 0 Å². The van der Waals surface area contributed by atoms with Gasteiger partial charge in [0.05, 0.1) is 15.6 Å². The SMILES string of the molecule is CC(C)CCCOc1c(Br)cc(CBr)cc1Br. The Hall–Kier alpha value is 0.460. The van der Waals surface area contributed by atoms with Crippen LogP contribution in [0.2, 0.25) is 0 Å². The Morgan fingerprint density at radius 3 is 2.24 bits per heavy atom. The van der Waals surface area contributed by atoms with Crippen LogP contribution in [-0.2, 0) is 5.33 Å². The molecule has 0 N–H and O–H groups in total. The first kappa shape index (κ1) is 15.5. The molecule has 0 saturated carbocycles. The summed E-state index contributed by atoms with van der Waals surface area (Å²) in [6, 6.07) is 4.16. The molecule has 1 aromatic carbocycles. The Labute approximate surface area is 129 Å². The first-order chi connectivity index (χ1) is 8.04. The van der Waals surface area contributed by atoms with Crippen molar-refractivity contribution in [2.45, 2.75) is 32.0 Å². The first-order valence-corrected chi connectivity index (χ1v) is 8.42. The maximum Gasteiger partial charge on any atom is 0.147 e. The largest absolute Gasteiger partial charge is 0.491 e. The normalized spacial score (nSPS) is 10.9. The van der Waals surface area contributed by atoms with Gasteiger partial charge in [0, 0.05) is 5.33 Å². The van der Waals surface area contributed by atoms with Crippen molar-refractivity contribution in [2.75, 3.05) is 6.61 Å². The highest BCUT2D eigenvalue weighted by molar-refractivity contribution is 9.11. The van der Waals surface area contributed by atoms with Crippen molar-refractivity contribution in [2.24, 2.45) is 5.92 Å². The number of ether oxygens (including phenoxy) is 1. The van der Waals surface area contributed by atoms with Crippen LogP contribution in [0, 0.1) is 5.92 Å². The monoisotopic (exact) mass is 426 g/mol. The van der Waals surface area contributed by atoms with Crippen LogP contribution in [0.15, 0.2) is 21.1 Å². The quantitative estimate of drug-likeness (QED) is 0.403. The van der Waals surface area contributed by atoms with E-state index in [4.69, 9.17) is 4.74 Å². The van der Waals surface area contributed by atoms with E-state index < -0.39 is 0 Å². The summed E-state index contributed by atoms with van der Waals surface area (Å²) < 4.78 is 7.82. The number of alkyl halides is 1. The average molecular weight is 429 g/mol. The van der Waals surface area contributed by atoms with E-state index in [1.165, 1.54) is 12.0 Å². The van der Waals surface area contributed by atoms with Gasteiger partial charge in [-0.25, -0.2) is 0 Å². The van der Waals surface area contributed by atoms with Gasteiger partial charge in [-0.2, -0.15) is 0 Å². The Morgan fingerprint density at radius 2 is 1.76 bits per heavy atom. The van der Waals surface area contributed by atoms with Gasteiger partial charge in [-0.1, -0.05) is 29.8 Å². The maximum atomic E-state index is 5.81. The molecule has 1 rings (SSSR count). The fraction of sp³-hybridized carbons (Fsp3) is 0.538. The van der Waals surface area contributed by atoms with Gasteiger partial charge in [0.15, 0.2) is 0 Å². The van der Waals surface area contributed by atoms with Crippen LogP contribution in [0.5, 0.6) is 5.75 Å². The molecule has 0 fully saturated rings. The molecule has 96 valence electrons. The Morgan fingerprint density at radius 1 is 1.18 bits per heavy atom. The molecule has 0 amide bonds. The highest BCUT2D eigenvalue weighted by Gasteiger charge is 2.08. The van der Waals surface area contributed by atoms with Crippen molar-refractivity contribution in [3.63, 3.8) is 0 Å². The smallest absolute Gasteiger partial charge is 0.147 e. The molecule has 0 aliphatic heterocycles. The Balaban J connectivity index is 2.59. The minimum Gasteiger partial charge on any atom is -0.491 e. The van der Waals surface area contributed by atoms with Crippen molar-refractivity contribution in [3.8, 4) is 5.75 Å². The molecular weight excluding hydrogens is 412 g/mol. The molecule has 0 radical (unpaired) electrons. The second-order valence-electron chi connectivity index (χ2n) is 4.41. The Kier molecular flexibility index (Phi) is 7.12. The third-order valence-corrected chi connectivity index (χ3v) is 4.21. The summed E-state index contributed by atoms with van der Waals surface area (Å²) in [6.07, 6.45) is 2.30. The van der Waals surface area contributed by atoms with Gasteiger partial charge in [0.1, 0.15) is 5.75 Å². The molecule has 1 nitrogen and oxygen atoms in total. The third kappa shape index (κ3) is 5.31. The van der Waals surface area contributed by atoms with Crippen molar-refractivity contribution in [1.82, 2.24) is 0 Å². The molecule has 0 spiro atoms. The summed E-state index contributed by atoms with van der Waals surface area (Å²) in [4.78, 5) is 0. The van der Waals surface area contributed by atoms with E-state index in [0.29, 0.717) is 0 Å². The van der Waals surface area contributed by atoms with Gasteiger partial charge in [0.25, 0.3) is 0 Å². The van der Waals surface area contributed by atoms with Crippen LogP contribution in [0.4, 0.5) is 0 Å². The Bertz CT molecular complexity index is 341. The molecule has 17 heavy (non-hydrogen) atoms. The van der Waals surface area contributed by atoms with Crippen molar-refractivity contribution in [1.29, 1.82) is 0 Å². The molecule has 0 aromatic heterocycles. The second-order valence-corrected chi connectivity index (χ2v) is 6.68. The maximum absolute atomic E-state index is 5.81. The molecule has 0 atom stereocenters. The predicted molar refractivity (Wildman–Crippen MR) is 84.0 cm³/mol. The van der Waals surface area contributed by atoms with Crippen molar-refractivity contribution < 1.29 is 4.74 Å². The van der Waals surface area contributed by atoms with E-state index in [2.05, 4.69) is 73.8 Å².